The van der Waals surface area contributed by atoms with E-state index in [-0.39, 0.29) is 23.0 Å². The van der Waals surface area contributed by atoms with Gasteiger partial charge in [0.05, 0.1) is 28.1 Å². The minimum Gasteiger partial charge on any atom is -0.311 e. The summed E-state index contributed by atoms with van der Waals surface area (Å²) in [6.45, 7) is 36.9. The lowest BCUT2D eigenvalue weighted by Crippen LogP contribution is -2.61. The van der Waals surface area contributed by atoms with Crippen molar-refractivity contribution in [2.24, 2.45) is 0 Å². The lowest BCUT2D eigenvalue weighted by Gasteiger charge is -2.46. The van der Waals surface area contributed by atoms with Gasteiger partial charge in [-0.15, -0.1) is 0 Å². The summed E-state index contributed by atoms with van der Waals surface area (Å²) >= 11 is 0. The Morgan fingerprint density at radius 3 is 1.37 bits per heavy atom. The highest BCUT2D eigenvalue weighted by molar-refractivity contribution is 7.00. The van der Waals surface area contributed by atoms with Crippen molar-refractivity contribution in [2.45, 2.75) is 127 Å². The number of aromatic nitrogens is 1. The average molecular weight is 928 g/mol. The first kappa shape index (κ1) is 46.6. The zero-order valence-electron chi connectivity index (χ0n) is 45.1. The van der Waals surface area contributed by atoms with Crippen molar-refractivity contribution in [1.82, 2.24) is 4.57 Å². The maximum absolute atomic E-state index is 2.65. The fraction of sp³-hybridized carbons (Fsp3) is 0.284. The predicted octanol–water partition coefficient (Wildman–Crippen LogP) is 16.6. The van der Waals surface area contributed by atoms with Gasteiger partial charge in [-0.1, -0.05) is 147 Å². The van der Waals surface area contributed by atoms with Crippen LogP contribution in [-0.2, 0) is 16.2 Å². The summed E-state index contributed by atoms with van der Waals surface area (Å²) in [5, 5.41) is 2.59. The number of fused-ring (bicyclic) bond motifs is 7. The number of aryl methyl sites for hydroxylation is 7. The molecular weight excluding hydrogens is 858 g/mol. The van der Waals surface area contributed by atoms with Crippen LogP contribution in [0.5, 0.6) is 0 Å². The zero-order chi connectivity index (χ0) is 50.4. The molecule has 0 radical (unpaired) electrons. The van der Waals surface area contributed by atoms with E-state index in [0.717, 1.165) is 0 Å². The van der Waals surface area contributed by atoms with Crippen molar-refractivity contribution in [3.63, 3.8) is 0 Å². The van der Waals surface area contributed by atoms with Crippen molar-refractivity contribution >= 4 is 79.0 Å². The van der Waals surface area contributed by atoms with E-state index in [0.29, 0.717) is 0 Å². The molecule has 0 atom stereocenters. The number of hydrogen-bond donors (Lipinski definition) is 0. The van der Waals surface area contributed by atoms with Crippen LogP contribution in [0.3, 0.4) is 0 Å². The van der Waals surface area contributed by atoms with Crippen LogP contribution in [0, 0.1) is 48.5 Å². The van der Waals surface area contributed by atoms with Gasteiger partial charge in [0.2, 0.25) is 0 Å². The Hall–Kier alpha value is -6.78. The number of rotatable bonds is 4. The molecule has 0 amide bonds. The van der Waals surface area contributed by atoms with Gasteiger partial charge in [-0.3, -0.25) is 0 Å². The van der Waals surface area contributed by atoms with Crippen LogP contribution in [0.15, 0.2) is 133 Å². The molecule has 3 heterocycles. The third-order valence-corrected chi connectivity index (χ3v) is 16.0. The summed E-state index contributed by atoms with van der Waals surface area (Å²) in [5.74, 6) is 0. The molecule has 0 saturated heterocycles. The number of hydrogen-bond acceptors (Lipinski definition) is 2. The van der Waals surface area contributed by atoms with Crippen LogP contribution >= 0.6 is 0 Å². The molecule has 0 bridgehead atoms. The fourth-order valence-electron chi connectivity index (χ4n) is 12.3. The van der Waals surface area contributed by atoms with Gasteiger partial charge in [0.25, 0.3) is 6.71 Å². The Kier molecular flexibility index (Phi) is 10.6. The van der Waals surface area contributed by atoms with Gasteiger partial charge in [0.15, 0.2) is 0 Å². The van der Waals surface area contributed by atoms with E-state index in [4.69, 9.17) is 0 Å². The quantitative estimate of drug-likeness (QED) is 0.163. The zero-order valence-corrected chi connectivity index (χ0v) is 45.1. The molecule has 0 N–H and O–H groups in total. The van der Waals surface area contributed by atoms with E-state index in [1.807, 2.05) is 0 Å². The van der Waals surface area contributed by atoms with Crippen molar-refractivity contribution in [2.75, 3.05) is 9.80 Å². The van der Waals surface area contributed by atoms with Crippen LogP contribution in [0.4, 0.5) is 34.1 Å². The molecule has 3 nitrogen and oxygen atoms in total. The lowest BCUT2D eigenvalue weighted by atomic mass is 9.33. The van der Waals surface area contributed by atoms with E-state index < -0.39 is 0 Å². The summed E-state index contributed by atoms with van der Waals surface area (Å²) in [5.41, 5.74) is 30.7. The van der Waals surface area contributed by atoms with Crippen LogP contribution in [0.25, 0.3) is 38.6 Å². The first-order valence-corrected chi connectivity index (χ1v) is 25.9. The molecular formula is C67H70BN3. The number of nitrogens with zero attached hydrogens (tertiary/aromatic N) is 3. The van der Waals surface area contributed by atoms with Crippen LogP contribution in [-0.4, -0.2) is 11.3 Å². The molecule has 71 heavy (non-hydrogen) atoms. The van der Waals surface area contributed by atoms with E-state index in [1.165, 1.54) is 145 Å². The number of para-hydroxylation sites is 2. The topological polar surface area (TPSA) is 11.4 Å². The first-order chi connectivity index (χ1) is 33.5. The monoisotopic (exact) mass is 928 g/mol. The maximum Gasteiger partial charge on any atom is 0.252 e. The summed E-state index contributed by atoms with van der Waals surface area (Å²) in [6.07, 6.45) is 0. The van der Waals surface area contributed by atoms with Gasteiger partial charge in [-0.05, 0) is 196 Å². The Morgan fingerprint density at radius 2 is 0.817 bits per heavy atom. The molecule has 2 aliphatic rings. The second-order valence-electron chi connectivity index (χ2n) is 24.4. The van der Waals surface area contributed by atoms with Crippen LogP contribution < -0.4 is 26.2 Å². The van der Waals surface area contributed by atoms with Crippen molar-refractivity contribution in [1.29, 1.82) is 0 Å². The summed E-state index contributed by atoms with van der Waals surface area (Å²) in [7, 11) is 0. The van der Waals surface area contributed by atoms with E-state index in [2.05, 4.69) is 259 Å². The van der Waals surface area contributed by atoms with Gasteiger partial charge >= 0.3 is 0 Å². The number of anilines is 6. The molecule has 8 aromatic carbocycles. The standard InChI is InChI=1S/C67H70BN3/c1-39-31-59-61-60(32-39)71(63-42(4)21-18-22-43(63)5)58-38-56-52(51-35-49(66(11,12)13)28-30-55(51)69(56)62-40(2)19-17-20-41(62)3)37-54(58)68(61)53-29-27-50(67(14,15)16)36-57(53)70(59)64-44(6)33-47(34-45(64)7)46-23-25-48(26-24-46)65(8,9)10/h17-38H,1-16H3. The molecule has 0 unspecified atom stereocenters. The lowest BCUT2D eigenvalue weighted by molar-refractivity contribution is 0.590. The summed E-state index contributed by atoms with van der Waals surface area (Å²) in [6, 6.07) is 52.3. The first-order valence-electron chi connectivity index (χ1n) is 25.9. The molecule has 356 valence electrons. The van der Waals surface area contributed by atoms with Crippen LogP contribution in [0.1, 0.15) is 118 Å². The molecule has 0 fully saturated rings. The summed E-state index contributed by atoms with van der Waals surface area (Å²) in [4.78, 5) is 5.30. The van der Waals surface area contributed by atoms with Gasteiger partial charge in [-0.2, -0.15) is 0 Å². The van der Waals surface area contributed by atoms with E-state index in [1.54, 1.807) is 0 Å². The fourth-order valence-corrected chi connectivity index (χ4v) is 12.3. The van der Waals surface area contributed by atoms with E-state index >= 15 is 0 Å². The van der Waals surface area contributed by atoms with Crippen molar-refractivity contribution < 1.29 is 0 Å². The predicted molar refractivity (Wildman–Crippen MR) is 309 cm³/mol. The third-order valence-electron chi connectivity index (χ3n) is 16.0. The molecule has 11 rings (SSSR count). The number of benzene rings is 8. The molecule has 9 aromatic rings. The molecule has 0 saturated carbocycles. The van der Waals surface area contributed by atoms with Crippen molar-refractivity contribution in [3.8, 4) is 16.8 Å². The molecule has 0 aliphatic carbocycles. The molecule has 0 spiro atoms. The van der Waals surface area contributed by atoms with Crippen LogP contribution in [0.2, 0.25) is 0 Å². The van der Waals surface area contributed by atoms with E-state index in [9.17, 15) is 0 Å². The molecule has 1 aromatic heterocycles. The largest absolute Gasteiger partial charge is 0.311 e. The van der Waals surface area contributed by atoms with Gasteiger partial charge in [0.1, 0.15) is 0 Å². The summed E-state index contributed by atoms with van der Waals surface area (Å²) < 4.78 is 2.57. The second-order valence-corrected chi connectivity index (χ2v) is 24.4. The Morgan fingerprint density at radius 1 is 0.352 bits per heavy atom. The Labute approximate surface area is 424 Å². The molecule has 4 heteroatoms. The van der Waals surface area contributed by atoms with Gasteiger partial charge in [-0.25, -0.2) is 0 Å². The highest BCUT2D eigenvalue weighted by Gasteiger charge is 2.45. The van der Waals surface area contributed by atoms with Gasteiger partial charge in [0, 0.05) is 33.5 Å². The SMILES string of the molecule is Cc1cc2c3c(c1)N(c1c(C)cccc1C)c1cc4c(cc1B3c1ccc(C(C)(C)C)cc1N2c1c(C)cc(-c2ccc(C(C)(C)C)cc2)cc1C)c1cc(C(C)(C)C)ccc1n4-c1c(C)cccc1C. The normalized spacial score (nSPS) is 13.5. The van der Waals surface area contributed by atoms with Crippen molar-refractivity contribution in [3.05, 3.63) is 189 Å². The molecule has 2 aliphatic heterocycles. The maximum atomic E-state index is 2.65. The average Bonchev–Trinajstić information content (AvgIpc) is 3.60. The third kappa shape index (κ3) is 7.38. The minimum atomic E-state index is -0.0536. The highest BCUT2D eigenvalue weighted by Crippen LogP contribution is 2.50. The highest BCUT2D eigenvalue weighted by atomic mass is 15.2. The minimum absolute atomic E-state index is 0.0118. The second kappa shape index (κ2) is 16.1. The smallest absolute Gasteiger partial charge is 0.252 e. The van der Waals surface area contributed by atoms with Gasteiger partial charge < -0.3 is 14.4 Å². The Balaban J connectivity index is 1.25. The Bertz CT molecular complexity index is 3610.